The van der Waals surface area contributed by atoms with Crippen molar-refractivity contribution in [2.45, 2.75) is 5.41 Å². The number of aromatic nitrogens is 4. The maximum absolute atomic E-state index is 5.20. The molecule has 0 N–H and O–H groups in total. The van der Waals surface area contributed by atoms with Gasteiger partial charge in [0.2, 0.25) is 0 Å². The number of hydrogen-bond acceptors (Lipinski definition) is 3. The molecule has 3 heterocycles. The smallest absolute Gasteiger partial charge is 0.164 e. The Morgan fingerprint density at radius 2 is 0.821 bits per heavy atom. The molecule has 1 aliphatic rings. The Morgan fingerprint density at radius 1 is 0.339 bits per heavy atom. The van der Waals surface area contributed by atoms with Gasteiger partial charge in [-0.2, -0.15) is 0 Å². The summed E-state index contributed by atoms with van der Waals surface area (Å²) < 4.78 is 2.47. The largest absolute Gasteiger partial charge is 0.309 e. The van der Waals surface area contributed by atoms with Gasteiger partial charge in [-0.05, 0) is 51.6 Å². The van der Waals surface area contributed by atoms with E-state index in [-0.39, 0.29) is 0 Å². The molecule has 4 nitrogen and oxygen atoms in total. The molecular weight excluding hydrogens is 681 g/mol. The lowest BCUT2D eigenvalue weighted by molar-refractivity contribution is 0.728. The van der Waals surface area contributed by atoms with E-state index >= 15 is 0 Å². The van der Waals surface area contributed by atoms with E-state index in [0.717, 1.165) is 27.8 Å². The Balaban J connectivity index is 1.15. The molecule has 262 valence electrons. The van der Waals surface area contributed by atoms with Crippen LogP contribution < -0.4 is 0 Å². The number of para-hydroxylation sites is 3. The summed E-state index contributed by atoms with van der Waals surface area (Å²) in [6, 6.07) is 73.4. The highest BCUT2D eigenvalue weighted by atomic mass is 15.0. The van der Waals surface area contributed by atoms with Gasteiger partial charge in [0.15, 0.2) is 17.5 Å². The number of hydrogen-bond donors (Lipinski definition) is 0. The zero-order valence-corrected chi connectivity index (χ0v) is 30.4. The molecule has 1 aliphatic heterocycles. The average Bonchev–Trinajstić information content (AvgIpc) is 3.63. The van der Waals surface area contributed by atoms with Gasteiger partial charge in [0, 0.05) is 27.5 Å². The standard InChI is InChI=1S/C52H34N4/c1-4-16-35(17-5-1)36-30-32-38(33-31-36)50-53-49(37-18-6-2-7-19-37)54-51(55-50)39-20-14-23-41(34-39)52(40-21-8-3-9-22-40)44-26-11-13-29-47(44)56-46-28-12-10-24-42(46)43-25-15-27-45(52)48(43)56/h1-34H. The zero-order chi connectivity index (χ0) is 37.1. The van der Waals surface area contributed by atoms with E-state index < -0.39 is 5.41 Å². The third-order valence-electron chi connectivity index (χ3n) is 11.3. The predicted molar refractivity (Wildman–Crippen MR) is 228 cm³/mol. The maximum atomic E-state index is 5.20. The second-order valence-corrected chi connectivity index (χ2v) is 14.4. The van der Waals surface area contributed by atoms with Crippen molar-refractivity contribution in [1.29, 1.82) is 0 Å². The van der Waals surface area contributed by atoms with Crippen LogP contribution in [0.15, 0.2) is 206 Å². The highest BCUT2D eigenvalue weighted by molar-refractivity contribution is 6.12. The van der Waals surface area contributed by atoms with Gasteiger partial charge in [0.1, 0.15) is 0 Å². The first-order chi connectivity index (χ1) is 27.8. The van der Waals surface area contributed by atoms with Gasteiger partial charge < -0.3 is 4.57 Å². The summed E-state index contributed by atoms with van der Waals surface area (Å²) in [7, 11) is 0. The molecule has 0 radical (unpaired) electrons. The first-order valence-electron chi connectivity index (χ1n) is 19.0. The third kappa shape index (κ3) is 4.89. The van der Waals surface area contributed by atoms with E-state index in [1.165, 1.54) is 49.7 Å². The summed E-state index contributed by atoms with van der Waals surface area (Å²) >= 11 is 0. The molecule has 0 bridgehead atoms. The van der Waals surface area contributed by atoms with Crippen LogP contribution in [0.3, 0.4) is 0 Å². The van der Waals surface area contributed by atoms with Gasteiger partial charge in [-0.15, -0.1) is 0 Å². The lowest BCUT2D eigenvalue weighted by atomic mass is 9.63. The van der Waals surface area contributed by atoms with Gasteiger partial charge in [0.25, 0.3) is 0 Å². The van der Waals surface area contributed by atoms with Crippen molar-refractivity contribution in [3.8, 4) is 51.0 Å². The molecule has 1 atom stereocenters. The van der Waals surface area contributed by atoms with E-state index in [0.29, 0.717) is 17.5 Å². The summed E-state index contributed by atoms with van der Waals surface area (Å²) in [5.41, 5.74) is 12.9. The van der Waals surface area contributed by atoms with Crippen LogP contribution in [0.1, 0.15) is 22.3 Å². The number of benzene rings is 8. The van der Waals surface area contributed by atoms with Gasteiger partial charge >= 0.3 is 0 Å². The molecule has 0 aliphatic carbocycles. The SMILES string of the molecule is c1ccc(-c2ccc(-c3nc(-c4ccccc4)nc(-c4cccc(C5(c6ccccc6)c6ccccc6-n6c7ccccc7c7cccc5c76)c4)n3)cc2)cc1. The molecule has 0 amide bonds. The molecule has 0 saturated carbocycles. The van der Waals surface area contributed by atoms with Crippen LogP contribution in [-0.2, 0) is 5.41 Å². The summed E-state index contributed by atoms with van der Waals surface area (Å²) in [5.74, 6) is 1.90. The van der Waals surface area contributed by atoms with Gasteiger partial charge in [0.05, 0.1) is 22.1 Å². The quantitative estimate of drug-likeness (QED) is 0.172. The lowest BCUT2D eigenvalue weighted by Gasteiger charge is -2.41. The van der Waals surface area contributed by atoms with Gasteiger partial charge in [-0.25, -0.2) is 15.0 Å². The number of fused-ring (bicyclic) bond motifs is 5. The van der Waals surface area contributed by atoms with Crippen LogP contribution in [-0.4, -0.2) is 19.5 Å². The molecule has 1 unspecified atom stereocenters. The number of nitrogens with zero attached hydrogens (tertiary/aromatic N) is 4. The minimum absolute atomic E-state index is 0.627. The van der Waals surface area contributed by atoms with Crippen molar-refractivity contribution in [2.24, 2.45) is 0 Å². The van der Waals surface area contributed by atoms with Crippen molar-refractivity contribution >= 4 is 21.8 Å². The molecule has 56 heavy (non-hydrogen) atoms. The summed E-state index contributed by atoms with van der Waals surface area (Å²) in [5, 5.41) is 2.50. The van der Waals surface area contributed by atoms with Crippen LogP contribution in [0.4, 0.5) is 0 Å². The third-order valence-corrected chi connectivity index (χ3v) is 11.3. The average molecular weight is 715 g/mol. The van der Waals surface area contributed by atoms with Crippen molar-refractivity contribution < 1.29 is 0 Å². The molecule has 0 fully saturated rings. The fourth-order valence-corrected chi connectivity index (χ4v) is 8.86. The Hall–Kier alpha value is -7.43. The van der Waals surface area contributed by atoms with E-state index in [1.54, 1.807) is 0 Å². The summed E-state index contributed by atoms with van der Waals surface area (Å²) in [6.45, 7) is 0. The van der Waals surface area contributed by atoms with Crippen molar-refractivity contribution in [1.82, 2.24) is 19.5 Å². The highest BCUT2D eigenvalue weighted by Crippen LogP contribution is 2.54. The normalized spacial score (nSPS) is 14.5. The first kappa shape index (κ1) is 32.0. The van der Waals surface area contributed by atoms with Crippen LogP contribution >= 0.6 is 0 Å². The van der Waals surface area contributed by atoms with Crippen molar-refractivity contribution in [2.75, 3.05) is 0 Å². The second-order valence-electron chi connectivity index (χ2n) is 14.4. The first-order valence-corrected chi connectivity index (χ1v) is 19.0. The Bertz CT molecular complexity index is 3060. The van der Waals surface area contributed by atoms with Gasteiger partial charge in [-0.3, -0.25) is 0 Å². The van der Waals surface area contributed by atoms with E-state index in [2.05, 4.69) is 187 Å². The van der Waals surface area contributed by atoms with Crippen molar-refractivity contribution in [3.05, 3.63) is 229 Å². The molecule has 2 aromatic heterocycles. The molecule has 10 aromatic rings. The van der Waals surface area contributed by atoms with Crippen LogP contribution in [0.2, 0.25) is 0 Å². The minimum Gasteiger partial charge on any atom is -0.309 e. The maximum Gasteiger partial charge on any atom is 0.164 e. The molecular formula is C52H34N4. The zero-order valence-electron chi connectivity index (χ0n) is 30.4. The molecule has 11 rings (SSSR count). The van der Waals surface area contributed by atoms with E-state index in [1.807, 2.05) is 24.3 Å². The summed E-state index contributed by atoms with van der Waals surface area (Å²) in [4.78, 5) is 15.4. The Labute approximate surface area is 325 Å². The monoisotopic (exact) mass is 714 g/mol. The van der Waals surface area contributed by atoms with Crippen LogP contribution in [0.5, 0.6) is 0 Å². The van der Waals surface area contributed by atoms with Crippen molar-refractivity contribution in [3.63, 3.8) is 0 Å². The molecule has 8 aromatic carbocycles. The minimum atomic E-state index is -0.636. The van der Waals surface area contributed by atoms with E-state index in [4.69, 9.17) is 15.0 Å². The Kier molecular flexibility index (Phi) is 7.36. The fourth-order valence-electron chi connectivity index (χ4n) is 8.86. The Morgan fingerprint density at radius 3 is 1.57 bits per heavy atom. The lowest BCUT2D eigenvalue weighted by Crippen LogP contribution is -2.35. The molecule has 0 saturated heterocycles. The topological polar surface area (TPSA) is 43.6 Å². The molecule has 0 spiro atoms. The van der Waals surface area contributed by atoms with E-state index in [9.17, 15) is 0 Å². The summed E-state index contributed by atoms with van der Waals surface area (Å²) in [6.07, 6.45) is 0. The van der Waals surface area contributed by atoms with Crippen LogP contribution in [0, 0.1) is 0 Å². The number of rotatable bonds is 6. The second kappa shape index (κ2) is 12.9. The van der Waals surface area contributed by atoms with Gasteiger partial charge in [-0.1, -0.05) is 188 Å². The molecule has 4 heteroatoms. The fraction of sp³-hybridized carbons (Fsp3) is 0.0192. The van der Waals surface area contributed by atoms with Crippen LogP contribution in [0.25, 0.3) is 72.8 Å². The predicted octanol–water partition coefficient (Wildman–Crippen LogP) is 12.3. The highest BCUT2D eigenvalue weighted by Gasteiger charge is 2.45.